The number of thioether (sulfide) groups is 1. The Morgan fingerprint density at radius 1 is 1.16 bits per heavy atom. The van der Waals surface area contributed by atoms with E-state index >= 15 is 0 Å². The Bertz CT molecular complexity index is 1060. The summed E-state index contributed by atoms with van der Waals surface area (Å²) in [6.45, 7) is 7.08. The fourth-order valence-corrected chi connectivity index (χ4v) is 4.80. The Labute approximate surface area is 186 Å². The largest absolute Gasteiger partial charge is 0.322 e. The number of halogens is 1. The maximum atomic E-state index is 13.3. The highest BCUT2D eigenvalue weighted by molar-refractivity contribution is 7.99. The molecule has 1 saturated heterocycles. The third kappa shape index (κ3) is 4.99. The van der Waals surface area contributed by atoms with Crippen LogP contribution >= 0.6 is 11.8 Å². The van der Waals surface area contributed by atoms with E-state index in [1.807, 2.05) is 25.6 Å². The molecule has 0 atom stereocenters. The number of hydrogen-bond acceptors (Lipinski definition) is 4. The second-order valence-electron chi connectivity index (χ2n) is 7.74. The monoisotopic (exact) mass is 438 g/mol. The highest BCUT2D eigenvalue weighted by Crippen LogP contribution is 2.22. The summed E-state index contributed by atoms with van der Waals surface area (Å²) < 4.78 is 15.0. The predicted octanol–water partition coefficient (Wildman–Crippen LogP) is 4.68. The average Bonchev–Trinajstić information content (AvgIpc) is 3.21. The number of rotatable bonds is 6. The number of amides is 1. The summed E-state index contributed by atoms with van der Waals surface area (Å²) in [5, 5.41) is 7.47. The van der Waals surface area contributed by atoms with Crippen LogP contribution < -0.4 is 5.32 Å². The zero-order chi connectivity index (χ0) is 21.8. The molecule has 2 aromatic carbocycles. The lowest BCUT2D eigenvalue weighted by Gasteiger charge is -2.26. The van der Waals surface area contributed by atoms with Gasteiger partial charge in [-0.25, -0.2) is 9.07 Å². The van der Waals surface area contributed by atoms with Crippen molar-refractivity contribution in [2.45, 2.75) is 26.8 Å². The first-order valence-corrected chi connectivity index (χ1v) is 11.7. The maximum Gasteiger partial charge on any atom is 0.259 e. The molecule has 1 aliphatic rings. The first kappa shape index (κ1) is 21.6. The molecule has 4 rings (SSSR count). The van der Waals surface area contributed by atoms with Gasteiger partial charge in [-0.05, 0) is 54.8 Å². The van der Waals surface area contributed by atoms with Crippen molar-refractivity contribution in [3.05, 3.63) is 76.9 Å². The molecule has 3 aromatic rings. The van der Waals surface area contributed by atoms with E-state index in [0.717, 1.165) is 42.3 Å². The number of nitrogens with zero attached hydrogens (tertiary/aromatic N) is 3. The molecule has 0 aliphatic carbocycles. The minimum absolute atomic E-state index is 0.181. The van der Waals surface area contributed by atoms with E-state index in [1.165, 1.54) is 29.2 Å². The maximum absolute atomic E-state index is 13.3. The van der Waals surface area contributed by atoms with Crippen LogP contribution in [-0.4, -0.2) is 45.2 Å². The van der Waals surface area contributed by atoms with Crippen LogP contribution in [0.4, 0.5) is 10.1 Å². The van der Waals surface area contributed by atoms with Crippen LogP contribution in [0.1, 0.15) is 34.1 Å². The normalized spacial score (nSPS) is 14.5. The fourth-order valence-electron chi connectivity index (χ4n) is 3.82. The fraction of sp³-hybridized carbons (Fsp3) is 0.333. The number of aryl methyl sites for hydroxylation is 1. The third-order valence-electron chi connectivity index (χ3n) is 5.58. The molecular formula is C24H27FN4OS. The highest BCUT2D eigenvalue weighted by atomic mass is 32.2. The molecule has 162 valence electrons. The predicted molar refractivity (Wildman–Crippen MR) is 125 cm³/mol. The number of hydrogen-bond donors (Lipinski definition) is 1. The summed E-state index contributed by atoms with van der Waals surface area (Å²) in [6, 6.07) is 12.4. The minimum atomic E-state index is -0.300. The van der Waals surface area contributed by atoms with E-state index < -0.39 is 0 Å². The van der Waals surface area contributed by atoms with Crippen LogP contribution in [0.2, 0.25) is 0 Å². The van der Waals surface area contributed by atoms with Crippen LogP contribution in [0.15, 0.2) is 48.7 Å². The third-order valence-corrected chi connectivity index (χ3v) is 6.52. The zero-order valence-corrected chi connectivity index (χ0v) is 18.7. The van der Waals surface area contributed by atoms with E-state index in [-0.39, 0.29) is 11.7 Å². The molecule has 7 heteroatoms. The Kier molecular flexibility index (Phi) is 6.73. The molecule has 2 heterocycles. The highest BCUT2D eigenvalue weighted by Gasteiger charge is 2.18. The molecule has 1 N–H and O–H groups in total. The second kappa shape index (κ2) is 9.66. The lowest BCUT2D eigenvalue weighted by Crippen LogP contribution is -2.32. The van der Waals surface area contributed by atoms with E-state index in [1.54, 1.807) is 23.0 Å². The summed E-state index contributed by atoms with van der Waals surface area (Å²) in [6.07, 6.45) is 2.22. The van der Waals surface area contributed by atoms with Gasteiger partial charge in [-0.15, -0.1) is 0 Å². The van der Waals surface area contributed by atoms with Crippen LogP contribution in [0.3, 0.4) is 0 Å². The van der Waals surface area contributed by atoms with Gasteiger partial charge in [0.15, 0.2) is 0 Å². The van der Waals surface area contributed by atoms with E-state index in [4.69, 9.17) is 0 Å². The zero-order valence-electron chi connectivity index (χ0n) is 17.9. The van der Waals surface area contributed by atoms with Crippen molar-refractivity contribution in [2.75, 3.05) is 29.9 Å². The molecule has 0 saturated carbocycles. The van der Waals surface area contributed by atoms with Crippen molar-refractivity contribution in [3.8, 4) is 5.69 Å². The quantitative estimate of drug-likeness (QED) is 0.607. The molecule has 0 spiro atoms. The SMILES string of the molecule is CCc1c(C(=O)Nc2cc(CN3CCSCC3)ccc2C)cnn1-c1ccc(F)cc1. The van der Waals surface area contributed by atoms with Gasteiger partial charge in [-0.2, -0.15) is 16.9 Å². The molecule has 5 nitrogen and oxygen atoms in total. The van der Waals surface area contributed by atoms with Crippen LogP contribution in [-0.2, 0) is 13.0 Å². The van der Waals surface area contributed by atoms with E-state index in [0.29, 0.717) is 12.0 Å². The number of carbonyl (C=O) groups is 1. The molecule has 1 aliphatic heterocycles. The van der Waals surface area contributed by atoms with Gasteiger partial charge in [0.1, 0.15) is 5.82 Å². The van der Waals surface area contributed by atoms with Crippen molar-refractivity contribution in [2.24, 2.45) is 0 Å². The molecule has 31 heavy (non-hydrogen) atoms. The van der Waals surface area contributed by atoms with E-state index in [2.05, 4.69) is 33.5 Å². The van der Waals surface area contributed by atoms with Crippen molar-refractivity contribution in [1.29, 1.82) is 0 Å². The lowest BCUT2D eigenvalue weighted by molar-refractivity contribution is 0.102. The summed E-state index contributed by atoms with van der Waals surface area (Å²) >= 11 is 2.00. The number of nitrogens with one attached hydrogen (secondary N) is 1. The van der Waals surface area contributed by atoms with Gasteiger partial charge in [0.05, 0.1) is 23.1 Å². The number of aromatic nitrogens is 2. The topological polar surface area (TPSA) is 50.2 Å². The minimum Gasteiger partial charge on any atom is -0.322 e. The van der Waals surface area contributed by atoms with Crippen LogP contribution in [0, 0.1) is 12.7 Å². The summed E-state index contributed by atoms with van der Waals surface area (Å²) in [5.74, 6) is 1.87. The first-order valence-electron chi connectivity index (χ1n) is 10.6. The van der Waals surface area contributed by atoms with Gasteiger partial charge in [0.25, 0.3) is 5.91 Å². The van der Waals surface area contributed by atoms with Gasteiger partial charge in [-0.1, -0.05) is 19.1 Å². The molecule has 1 amide bonds. The molecule has 0 unspecified atom stereocenters. The van der Waals surface area contributed by atoms with Gasteiger partial charge >= 0.3 is 0 Å². The molecule has 1 aromatic heterocycles. The molecule has 1 fully saturated rings. The van der Waals surface area contributed by atoms with Gasteiger partial charge < -0.3 is 5.32 Å². The Balaban J connectivity index is 1.54. The summed E-state index contributed by atoms with van der Waals surface area (Å²) in [5.41, 5.74) is 5.11. The number of benzene rings is 2. The van der Waals surface area contributed by atoms with Crippen molar-refractivity contribution >= 4 is 23.4 Å². The Morgan fingerprint density at radius 2 is 1.90 bits per heavy atom. The van der Waals surface area contributed by atoms with Crippen molar-refractivity contribution in [3.63, 3.8) is 0 Å². The second-order valence-corrected chi connectivity index (χ2v) is 8.96. The molecule has 0 bridgehead atoms. The van der Waals surface area contributed by atoms with Crippen molar-refractivity contribution < 1.29 is 9.18 Å². The smallest absolute Gasteiger partial charge is 0.259 e. The van der Waals surface area contributed by atoms with Gasteiger partial charge in [0.2, 0.25) is 0 Å². The molecule has 0 radical (unpaired) electrons. The standard InChI is InChI=1S/C24H27FN4OS/c1-3-23-21(15-26-29(23)20-8-6-19(25)7-9-20)24(30)27-22-14-18(5-4-17(22)2)16-28-10-12-31-13-11-28/h4-9,14-15H,3,10-13,16H2,1-2H3,(H,27,30). The van der Waals surface area contributed by atoms with Crippen LogP contribution in [0.5, 0.6) is 0 Å². The average molecular weight is 439 g/mol. The first-order chi connectivity index (χ1) is 15.0. The Morgan fingerprint density at radius 3 is 2.61 bits per heavy atom. The Hall–Kier alpha value is -2.64. The van der Waals surface area contributed by atoms with Gasteiger partial charge in [0, 0.05) is 36.8 Å². The van der Waals surface area contributed by atoms with Crippen molar-refractivity contribution in [1.82, 2.24) is 14.7 Å². The lowest BCUT2D eigenvalue weighted by atomic mass is 10.1. The number of anilines is 1. The molecular weight excluding hydrogens is 411 g/mol. The summed E-state index contributed by atoms with van der Waals surface area (Å²) in [4.78, 5) is 15.6. The summed E-state index contributed by atoms with van der Waals surface area (Å²) in [7, 11) is 0. The van der Waals surface area contributed by atoms with Gasteiger partial charge in [-0.3, -0.25) is 9.69 Å². The van der Waals surface area contributed by atoms with Crippen LogP contribution in [0.25, 0.3) is 5.69 Å². The number of carbonyl (C=O) groups excluding carboxylic acids is 1. The van der Waals surface area contributed by atoms with E-state index in [9.17, 15) is 9.18 Å².